The molecule has 17 heavy (non-hydrogen) atoms. The van der Waals surface area contributed by atoms with Crippen molar-refractivity contribution in [1.82, 2.24) is 0 Å². The molecular formula is C13H16FNOS. The Kier molecular flexibility index (Phi) is 3.27. The molecule has 1 aromatic carbocycles. The number of hydrogen-bond acceptors (Lipinski definition) is 2. The smallest absolute Gasteiger partial charge is 0.144 e. The van der Waals surface area contributed by atoms with Crippen molar-refractivity contribution in [3.8, 4) is 0 Å². The van der Waals surface area contributed by atoms with Crippen molar-refractivity contribution in [2.24, 2.45) is 4.40 Å². The maximum atomic E-state index is 13.0. The fraction of sp³-hybridized carbons (Fsp3) is 0.462. The molecule has 92 valence electrons. The summed E-state index contributed by atoms with van der Waals surface area (Å²) in [4.78, 5) is 0. The summed E-state index contributed by atoms with van der Waals surface area (Å²) in [5.41, 5.74) is 2.76. The van der Waals surface area contributed by atoms with Crippen LogP contribution < -0.4 is 0 Å². The summed E-state index contributed by atoms with van der Waals surface area (Å²) in [6.07, 6.45) is 1.54. The average Bonchev–Trinajstić information content (AvgIpc) is 2.59. The normalized spacial score (nSPS) is 19.5. The summed E-state index contributed by atoms with van der Waals surface area (Å²) in [6.45, 7) is 5.69. The molecule has 0 heterocycles. The second-order valence-electron chi connectivity index (χ2n) is 5.20. The van der Waals surface area contributed by atoms with E-state index in [1.165, 1.54) is 12.1 Å². The van der Waals surface area contributed by atoms with Crippen LogP contribution in [0.2, 0.25) is 0 Å². The second kappa shape index (κ2) is 4.42. The monoisotopic (exact) mass is 253 g/mol. The third-order valence-corrected chi connectivity index (χ3v) is 4.16. The average molecular weight is 253 g/mol. The molecule has 0 spiro atoms. The molecule has 4 heteroatoms. The van der Waals surface area contributed by atoms with Crippen LogP contribution in [0.15, 0.2) is 22.6 Å². The molecule has 1 aliphatic rings. The largest absolute Gasteiger partial charge is 0.591 e. The fourth-order valence-electron chi connectivity index (χ4n) is 1.77. The SMILES string of the molecule is CC(C)(C)[S+]([O-])/N=C1\CCc2cc(F)ccc21. The van der Waals surface area contributed by atoms with E-state index < -0.39 is 11.4 Å². The third kappa shape index (κ3) is 2.69. The van der Waals surface area contributed by atoms with Gasteiger partial charge in [-0.3, -0.25) is 0 Å². The van der Waals surface area contributed by atoms with E-state index in [4.69, 9.17) is 0 Å². The van der Waals surface area contributed by atoms with Crippen LogP contribution in [0.4, 0.5) is 4.39 Å². The van der Waals surface area contributed by atoms with Gasteiger partial charge in [-0.25, -0.2) is 4.39 Å². The molecular weight excluding hydrogens is 237 g/mol. The molecule has 0 aromatic heterocycles. The fourth-order valence-corrected chi connectivity index (χ4v) is 2.43. The van der Waals surface area contributed by atoms with Crippen LogP contribution in [0, 0.1) is 5.82 Å². The Morgan fingerprint density at radius 1 is 1.29 bits per heavy atom. The topological polar surface area (TPSA) is 35.4 Å². The van der Waals surface area contributed by atoms with Gasteiger partial charge in [0.2, 0.25) is 0 Å². The number of fused-ring (bicyclic) bond motifs is 1. The second-order valence-corrected chi connectivity index (χ2v) is 7.11. The van der Waals surface area contributed by atoms with Crippen LogP contribution in [-0.2, 0) is 17.8 Å². The van der Waals surface area contributed by atoms with Gasteiger partial charge in [0.15, 0.2) is 0 Å². The molecule has 0 N–H and O–H groups in total. The molecule has 0 amide bonds. The number of hydrogen-bond donors (Lipinski definition) is 0. The van der Waals surface area contributed by atoms with Gasteiger partial charge in [-0.2, -0.15) is 0 Å². The third-order valence-electron chi connectivity index (χ3n) is 2.73. The van der Waals surface area contributed by atoms with Gasteiger partial charge in [0.1, 0.15) is 21.9 Å². The minimum atomic E-state index is -1.25. The van der Waals surface area contributed by atoms with Gasteiger partial charge in [-0.05, 0) is 57.4 Å². The van der Waals surface area contributed by atoms with Crippen molar-refractivity contribution in [1.29, 1.82) is 0 Å². The standard InChI is InChI=1S/C13H16FNOS/c1-13(2,3)17(16)15-12-7-4-9-8-10(14)5-6-11(9)12/h5-6,8H,4,7H2,1-3H3/b15-12+. The van der Waals surface area contributed by atoms with E-state index in [2.05, 4.69) is 4.40 Å². The Labute approximate surface area is 104 Å². The van der Waals surface area contributed by atoms with E-state index in [0.29, 0.717) is 0 Å². The van der Waals surface area contributed by atoms with Gasteiger partial charge < -0.3 is 4.55 Å². The Hall–Kier alpha value is -0.870. The maximum absolute atomic E-state index is 13.0. The zero-order valence-electron chi connectivity index (χ0n) is 10.3. The molecule has 0 fully saturated rings. The zero-order valence-corrected chi connectivity index (χ0v) is 11.1. The highest BCUT2D eigenvalue weighted by Gasteiger charge is 2.29. The first-order chi connectivity index (χ1) is 7.88. The predicted molar refractivity (Wildman–Crippen MR) is 69.2 cm³/mol. The van der Waals surface area contributed by atoms with Gasteiger partial charge in [0.05, 0.1) is 5.71 Å². The number of rotatable bonds is 1. The van der Waals surface area contributed by atoms with E-state index in [9.17, 15) is 8.94 Å². The van der Waals surface area contributed by atoms with Crippen molar-refractivity contribution in [3.05, 3.63) is 35.1 Å². The van der Waals surface area contributed by atoms with E-state index in [0.717, 1.165) is 29.7 Å². The van der Waals surface area contributed by atoms with E-state index in [1.54, 1.807) is 6.07 Å². The first-order valence-corrected chi connectivity index (χ1v) is 6.77. The summed E-state index contributed by atoms with van der Waals surface area (Å²) in [5, 5.41) is 0. The van der Waals surface area contributed by atoms with Gasteiger partial charge in [-0.1, -0.05) is 4.40 Å². The predicted octanol–water partition coefficient (Wildman–Crippen LogP) is 3.02. The first-order valence-electron chi connectivity index (χ1n) is 5.66. The van der Waals surface area contributed by atoms with Gasteiger partial charge in [0.25, 0.3) is 0 Å². The number of aryl methyl sites for hydroxylation is 1. The molecule has 0 bridgehead atoms. The van der Waals surface area contributed by atoms with Crippen LogP contribution in [0.25, 0.3) is 0 Å². The molecule has 1 aliphatic carbocycles. The Bertz CT molecular complexity index is 465. The van der Waals surface area contributed by atoms with E-state index in [1.807, 2.05) is 20.8 Å². The summed E-state index contributed by atoms with van der Waals surface area (Å²) in [6, 6.07) is 4.70. The molecule has 1 atom stereocenters. The molecule has 0 saturated carbocycles. The van der Waals surface area contributed by atoms with Gasteiger partial charge in [0, 0.05) is 5.56 Å². The molecule has 2 rings (SSSR count). The van der Waals surface area contributed by atoms with E-state index in [-0.39, 0.29) is 10.6 Å². The van der Waals surface area contributed by atoms with Gasteiger partial charge in [-0.15, -0.1) is 0 Å². The number of halogens is 1. The minimum absolute atomic E-state index is 0.220. The lowest BCUT2D eigenvalue weighted by atomic mass is 10.1. The van der Waals surface area contributed by atoms with Crippen molar-refractivity contribution < 1.29 is 8.94 Å². The summed E-state index contributed by atoms with van der Waals surface area (Å²) in [5.74, 6) is -0.220. The van der Waals surface area contributed by atoms with Crippen LogP contribution in [-0.4, -0.2) is 15.0 Å². The Morgan fingerprint density at radius 2 is 2.00 bits per heavy atom. The summed E-state index contributed by atoms with van der Waals surface area (Å²) >= 11 is -1.25. The molecule has 0 aliphatic heterocycles. The molecule has 0 radical (unpaired) electrons. The minimum Gasteiger partial charge on any atom is -0.591 e. The highest BCUT2D eigenvalue weighted by Crippen LogP contribution is 2.26. The number of nitrogens with zero attached hydrogens (tertiary/aromatic N) is 1. The molecule has 1 aromatic rings. The molecule has 0 saturated heterocycles. The Morgan fingerprint density at radius 3 is 2.65 bits per heavy atom. The van der Waals surface area contributed by atoms with Crippen LogP contribution in [0.5, 0.6) is 0 Å². The van der Waals surface area contributed by atoms with Crippen LogP contribution in [0.1, 0.15) is 38.3 Å². The maximum Gasteiger partial charge on any atom is 0.144 e. The van der Waals surface area contributed by atoms with Crippen molar-refractivity contribution in [2.75, 3.05) is 0 Å². The van der Waals surface area contributed by atoms with Crippen molar-refractivity contribution in [3.63, 3.8) is 0 Å². The van der Waals surface area contributed by atoms with Crippen molar-refractivity contribution >= 4 is 17.1 Å². The summed E-state index contributed by atoms with van der Waals surface area (Å²) < 4.78 is 28.9. The lowest BCUT2D eigenvalue weighted by molar-refractivity contribution is 0.561. The van der Waals surface area contributed by atoms with Gasteiger partial charge >= 0.3 is 0 Å². The quantitative estimate of drug-likeness (QED) is 0.708. The highest BCUT2D eigenvalue weighted by molar-refractivity contribution is 7.91. The Balaban J connectivity index is 2.31. The van der Waals surface area contributed by atoms with Crippen LogP contribution >= 0.6 is 0 Å². The highest BCUT2D eigenvalue weighted by atomic mass is 32.2. The molecule has 2 nitrogen and oxygen atoms in total. The van der Waals surface area contributed by atoms with E-state index >= 15 is 0 Å². The first kappa shape index (κ1) is 12.6. The summed E-state index contributed by atoms with van der Waals surface area (Å²) in [7, 11) is 0. The van der Waals surface area contributed by atoms with Crippen LogP contribution in [0.3, 0.4) is 0 Å². The lowest BCUT2D eigenvalue weighted by Gasteiger charge is -2.18. The zero-order chi connectivity index (χ0) is 12.6. The molecule has 1 unspecified atom stereocenters. The number of benzene rings is 1. The lowest BCUT2D eigenvalue weighted by Crippen LogP contribution is -2.26. The van der Waals surface area contributed by atoms with Crippen molar-refractivity contribution in [2.45, 2.75) is 38.4 Å².